The van der Waals surface area contributed by atoms with Crippen molar-refractivity contribution in [3.63, 3.8) is 0 Å². The summed E-state index contributed by atoms with van der Waals surface area (Å²) >= 11 is 0. The van der Waals surface area contributed by atoms with Crippen LogP contribution < -0.4 is 0 Å². The second kappa shape index (κ2) is 20.1. The topological polar surface area (TPSA) is 98.9 Å². The third-order valence-electron chi connectivity index (χ3n) is 4.92. The van der Waals surface area contributed by atoms with E-state index in [0.29, 0.717) is 84.3 Å². The van der Waals surface area contributed by atoms with Gasteiger partial charge in [-0.3, -0.25) is 0 Å². The fraction of sp³-hybridized carbons (Fsp3) is 1.00. The quantitative estimate of drug-likeness (QED) is 0.109. The monoisotopic (exact) mass is 542 g/mol. The normalized spacial score (nSPS) is 19.4. The minimum absolute atomic E-state index is 0.303. The summed E-state index contributed by atoms with van der Waals surface area (Å²) in [6, 6.07) is 1.52. The maximum absolute atomic E-state index is 5.76. The Kier molecular flexibility index (Phi) is 18.9. The first-order valence-electron chi connectivity index (χ1n) is 13.2. The molecule has 0 radical (unpaired) electrons. The second-order valence-electron chi connectivity index (χ2n) is 7.88. The Morgan fingerprint density at radius 2 is 0.886 bits per heavy atom. The highest BCUT2D eigenvalue weighted by molar-refractivity contribution is 6.61. The predicted octanol–water partition coefficient (Wildman–Crippen LogP) is 3.29. The largest absolute Gasteiger partial charge is 0.503 e. The van der Waals surface area contributed by atoms with Gasteiger partial charge in [-0.2, -0.15) is 0 Å². The Hall–Kier alpha value is 0.0338. The maximum atomic E-state index is 5.76. The van der Waals surface area contributed by atoms with Gasteiger partial charge in [-0.15, -0.1) is 0 Å². The molecule has 10 nitrogen and oxygen atoms in total. The van der Waals surface area contributed by atoms with Crippen LogP contribution >= 0.6 is 0 Å². The van der Waals surface area contributed by atoms with Crippen LogP contribution in [0.25, 0.3) is 0 Å². The van der Waals surface area contributed by atoms with Crippen molar-refractivity contribution in [3.8, 4) is 0 Å². The third-order valence-corrected chi connectivity index (χ3v) is 11.1. The van der Waals surface area contributed by atoms with Gasteiger partial charge in [0.2, 0.25) is 0 Å². The zero-order valence-corrected chi connectivity index (χ0v) is 24.8. The number of hydrogen-bond acceptors (Lipinski definition) is 10. The van der Waals surface area contributed by atoms with E-state index in [1.165, 1.54) is 0 Å². The summed E-state index contributed by atoms with van der Waals surface area (Å²) in [5, 5.41) is 0. The maximum Gasteiger partial charge on any atom is 0.503 e. The molecule has 2 unspecified atom stereocenters. The van der Waals surface area contributed by atoms with E-state index in [2.05, 4.69) is 0 Å². The van der Waals surface area contributed by atoms with E-state index < -0.39 is 17.6 Å². The van der Waals surface area contributed by atoms with Crippen LogP contribution in [0.5, 0.6) is 0 Å². The van der Waals surface area contributed by atoms with Gasteiger partial charge in [0.1, 0.15) is 12.2 Å². The average molecular weight is 543 g/mol. The smallest absolute Gasteiger partial charge is 0.379 e. The molecule has 0 aromatic carbocycles. The van der Waals surface area contributed by atoms with E-state index in [-0.39, 0.29) is 0 Å². The first kappa shape index (κ1) is 33.1. The van der Waals surface area contributed by atoms with E-state index in [1.807, 2.05) is 41.5 Å². The van der Waals surface area contributed by atoms with Crippen molar-refractivity contribution in [1.82, 2.24) is 0 Å². The molecule has 35 heavy (non-hydrogen) atoms. The Balaban J connectivity index is 0.000000351. The van der Waals surface area contributed by atoms with Crippen molar-refractivity contribution in [2.75, 3.05) is 79.3 Å². The first-order valence-corrected chi connectivity index (χ1v) is 17.1. The van der Waals surface area contributed by atoms with Crippen LogP contribution in [0.1, 0.15) is 48.0 Å². The molecule has 2 aliphatic heterocycles. The SMILES string of the molecule is CCO[Si](CCCOCC1CO1)(OCC)OCC.CCO[Si](CCOCC1CO1)(OCC)OCC. The Bertz CT molecular complexity index is 461. The lowest BCUT2D eigenvalue weighted by Crippen LogP contribution is -2.46. The molecule has 2 rings (SSSR count). The fourth-order valence-electron chi connectivity index (χ4n) is 3.35. The molecular formula is C23H50O10Si2. The minimum Gasteiger partial charge on any atom is -0.379 e. The first-order chi connectivity index (χ1) is 17.0. The van der Waals surface area contributed by atoms with Crippen molar-refractivity contribution < 1.29 is 45.5 Å². The molecule has 0 bridgehead atoms. The van der Waals surface area contributed by atoms with Crippen LogP contribution in [0.4, 0.5) is 0 Å². The molecular weight excluding hydrogens is 492 g/mol. The van der Waals surface area contributed by atoms with Crippen LogP contribution in [0, 0.1) is 0 Å². The van der Waals surface area contributed by atoms with Gasteiger partial charge < -0.3 is 45.5 Å². The highest BCUT2D eigenvalue weighted by Crippen LogP contribution is 2.19. The van der Waals surface area contributed by atoms with E-state index in [9.17, 15) is 0 Å². The van der Waals surface area contributed by atoms with Crippen LogP contribution in [0.2, 0.25) is 12.1 Å². The fourth-order valence-corrected chi connectivity index (χ4v) is 8.33. The Morgan fingerprint density at radius 3 is 1.23 bits per heavy atom. The number of ether oxygens (including phenoxy) is 4. The van der Waals surface area contributed by atoms with Crippen LogP contribution in [0.15, 0.2) is 0 Å². The average Bonchev–Trinajstić information content (AvgIpc) is 3.74. The van der Waals surface area contributed by atoms with Gasteiger partial charge in [-0.1, -0.05) is 0 Å². The number of hydrogen-bond donors (Lipinski definition) is 0. The molecule has 2 aliphatic rings. The van der Waals surface area contributed by atoms with Gasteiger partial charge >= 0.3 is 17.6 Å². The summed E-state index contributed by atoms with van der Waals surface area (Å²) in [5.74, 6) is 0. The summed E-state index contributed by atoms with van der Waals surface area (Å²) < 4.78 is 55.6. The van der Waals surface area contributed by atoms with Crippen molar-refractivity contribution >= 4 is 17.6 Å². The lowest BCUT2D eigenvalue weighted by molar-refractivity contribution is 0.0556. The molecule has 2 heterocycles. The number of rotatable bonds is 23. The lowest BCUT2D eigenvalue weighted by atomic mass is 10.5. The molecule has 0 amide bonds. The molecule has 210 valence electrons. The molecule has 0 aliphatic carbocycles. The van der Waals surface area contributed by atoms with Crippen LogP contribution in [-0.2, 0) is 45.5 Å². The van der Waals surface area contributed by atoms with Crippen molar-refractivity contribution in [2.24, 2.45) is 0 Å². The standard InChI is InChI=1S/C12H26O5Si.C11H24O5Si/c1-4-15-18(16-5-2,17-6-3)9-7-8-13-10-12-11-14-12;1-4-14-17(15-5-2,16-6-3)8-7-12-9-11-10-13-11/h12H,4-11H2,1-3H3;11H,4-10H2,1-3H3. The van der Waals surface area contributed by atoms with Gasteiger partial charge in [0.25, 0.3) is 0 Å². The van der Waals surface area contributed by atoms with Crippen LogP contribution in [-0.4, -0.2) is 109 Å². The van der Waals surface area contributed by atoms with Crippen LogP contribution in [0.3, 0.4) is 0 Å². The third kappa shape index (κ3) is 15.8. The second-order valence-corrected chi connectivity index (χ2v) is 13.3. The zero-order chi connectivity index (χ0) is 25.8. The molecule has 0 saturated carbocycles. The Labute approximate surface area is 214 Å². The summed E-state index contributed by atoms with van der Waals surface area (Å²) in [6.45, 7) is 19.8. The molecule has 0 N–H and O–H groups in total. The highest BCUT2D eigenvalue weighted by atomic mass is 28.4. The summed E-state index contributed by atoms with van der Waals surface area (Å²) in [5.41, 5.74) is 0. The van der Waals surface area contributed by atoms with Gasteiger partial charge in [-0.25, -0.2) is 0 Å². The molecule has 0 aromatic heterocycles. The van der Waals surface area contributed by atoms with Gasteiger partial charge in [-0.05, 0) is 48.0 Å². The van der Waals surface area contributed by atoms with Gasteiger partial charge in [0.05, 0.1) is 33.0 Å². The number of epoxide rings is 2. The highest BCUT2D eigenvalue weighted by Gasteiger charge is 2.41. The van der Waals surface area contributed by atoms with Crippen molar-refractivity contribution in [2.45, 2.75) is 72.3 Å². The van der Waals surface area contributed by atoms with Gasteiger partial charge in [0, 0.05) is 58.3 Å². The van der Waals surface area contributed by atoms with Crippen molar-refractivity contribution in [1.29, 1.82) is 0 Å². The summed E-state index contributed by atoms with van der Waals surface area (Å²) in [6.07, 6.45) is 1.54. The lowest BCUT2D eigenvalue weighted by Gasteiger charge is -2.28. The van der Waals surface area contributed by atoms with Gasteiger partial charge in [0.15, 0.2) is 0 Å². The zero-order valence-electron chi connectivity index (χ0n) is 22.8. The van der Waals surface area contributed by atoms with Crippen molar-refractivity contribution in [3.05, 3.63) is 0 Å². The summed E-state index contributed by atoms with van der Waals surface area (Å²) in [4.78, 5) is 0. The van der Waals surface area contributed by atoms with E-state index >= 15 is 0 Å². The van der Waals surface area contributed by atoms with E-state index in [4.69, 9.17) is 45.5 Å². The molecule has 2 saturated heterocycles. The minimum atomic E-state index is -2.51. The Morgan fingerprint density at radius 1 is 0.543 bits per heavy atom. The predicted molar refractivity (Wildman–Crippen MR) is 137 cm³/mol. The van der Waals surface area contributed by atoms with E-state index in [0.717, 1.165) is 25.7 Å². The summed E-state index contributed by atoms with van der Waals surface area (Å²) in [7, 11) is -4.98. The molecule has 12 heteroatoms. The van der Waals surface area contributed by atoms with E-state index in [1.54, 1.807) is 0 Å². The molecule has 2 fully saturated rings. The molecule has 0 aromatic rings. The molecule has 2 atom stereocenters. The molecule has 0 spiro atoms.